The van der Waals surface area contributed by atoms with Crippen molar-refractivity contribution in [3.8, 4) is 0 Å². The maximum Gasteiger partial charge on any atom is 0.501 e. The van der Waals surface area contributed by atoms with Crippen LogP contribution in [0.4, 0.5) is 24.5 Å². The number of sulfone groups is 1. The molecule has 3 heterocycles. The van der Waals surface area contributed by atoms with Crippen molar-refractivity contribution in [3.05, 3.63) is 119 Å². The predicted molar refractivity (Wildman–Crippen MR) is 283 cm³/mol. The molecule has 3 N–H and O–H groups in total. The molecular weight excluding hydrogens is 1030 g/mol. The topological polar surface area (TPSA) is 144 Å². The Labute approximate surface area is 437 Å². The molecule has 72 heavy (non-hydrogen) atoms. The van der Waals surface area contributed by atoms with Gasteiger partial charge in [0, 0.05) is 118 Å². The molecule has 3 saturated heterocycles. The van der Waals surface area contributed by atoms with Crippen molar-refractivity contribution in [2.75, 3.05) is 114 Å². The second kappa shape index (κ2) is 24.6. The van der Waals surface area contributed by atoms with Crippen LogP contribution in [0.5, 0.6) is 0 Å². The second-order valence-electron chi connectivity index (χ2n) is 19.2. The van der Waals surface area contributed by atoms with Crippen LogP contribution in [-0.2, 0) is 24.6 Å². The summed E-state index contributed by atoms with van der Waals surface area (Å²) in [6.45, 7) is 14.6. The van der Waals surface area contributed by atoms with Crippen LogP contribution >= 0.6 is 35.8 Å². The molecule has 3 aliphatic heterocycles. The number of anilines is 2. The highest BCUT2D eigenvalue weighted by Crippen LogP contribution is 2.44. The van der Waals surface area contributed by atoms with E-state index >= 15 is 0 Å². The van der Waals surface area contributed by atoms with Crippen molar-refractivity contribution >= 4 is 78.5 Å². The molecule has 4 aliphatic rings. The number of morpholine rings is 1. The normalized spacial score (nSPS) is 20.4. The summed E-state index contributed by atoms with van der Waals surface area (Å²) in [5, 5.41) is 7.19. The number of nitrogens with zero attached hydrogens (tertiary/aromatic N) is 4. The number of hydrogen-bond acceptors (Lipinski definition) is 13. The minimum atomic E-state index is -6.06. The number of carbonyl (C=O) groups excluding carboxylic acids is 1. The molecule has 1 aliphatic carbocycles. The summed E-state index contributed by atoms with van der Waals surface area (Å²) in [5.74, 6) is -0.654. The van der Waals surface area contributed by atoms with E-state index in [2.05, 4.69) is 49.3 Å². The van der Waals surface area contributed by atoms with E-state index in [-0.39, 0.29) is 23.4 Å². The van der Waals surface area contributed by atoms with Crippen LogP contribution in [0.3, 0.4) is 0 Å². The van der Waals surface area contributed by atoms with Crippen LogP contribution < -0.4 is 20.3 Å². The fraction of sp³-hybridized carbons (Fsp3) is 0.471. The average Bonchev–Trinajstić information content (AvgIpc) is 3.36. The summed E-state index contributed by atoms with van der Waals surface area (Å²) < 4.78 is 104. The Morgan fingerprint density at radius 3 is 2.19 bits per heavy atom. The van der Waals surface area contributed by atoms with Crippen molar-refractivity contribution in [1.29, 1.82) is 0 Å². The molecule has 0 aromatic heterocycles. The van der Waals surface area contributed by atoms with Crippen molar-refractivity contribution in [2.45, 2.75) is 58.8 Å². The summed E-state index contributed by atoms with van der Waals surface area (Å²) in [7, 11) is -10.9. The van der Waals surface area contributed by atoms with Crippen molar-refractivity contribution in [2.24, 2.45) is 5.41 Å². The third-order valence-corrected chi connectivity index (χ3v) is 18.2. The van der Waals surface area contributed by atoms with E-state index in [1.165, 1.54) is 40.6 Å². The lowest BCUT2D eigenvalue weighted by Gasteiger charge is -2.43. The number of amides is 1. The lowest BCUT2D eigenvalue weighted by molar-refractivity contribution is -0.0435. The van der Waals surface area contributed by atoms with E-state index in [0.717, 1.165) is 112 Å². The molecule has 0 radical (unpaired) electrons. The first-order chi connectivity index (χ1) is 33.9. The van der Waals surface area contributed by atoms with Crippen LogP contribution in [0.15, 0.2) is 117 Å². The van der Waals surface area contributed by atoms with E-state index in [9.17, 15) is 34.8 Å². The number of ether oxygens (including phenoxy) is 1. The number of benzene rings is 4. The zero-order valence-electron chi connectivity index (χ0n) is 40.3. The van der Waals surface area contributed by atoms with E-state index in [1.807, 2.05) is 47.2 Å². The smallest absolute Gasteiger partial charge is 0.380 e. The summed E-state index contributed by atoms with van der Waals surface area (Å²) >= 11 is 7.74. The number of hydrogen-bond donors (Lipinski definition) is 3. The van der Waals surface area contributed by atoms with Gasteiger partial charge < -0.3 is 25.2 Å². The molecule has 0 bridgehead atoms. The molecule has 2 atom stereocenters. The van der Waals surface area contributed by atoms with Gasteiger partial charge >= 0.3 is 5.51 Å². The number of alkyl halides is 3. The van der Waals surface area contributed by atoms with Gasteiger partial charge in [0.25, 0.3) is 25.8 Å². The van der Waals surface area contributed by atoms with Gasteiger partial charge in [-0.2, -0.15) is 13.2 Å². The zero-order valence-corrected chi connectivity index (χ0v) is 44.4. The lowest BCUT2D eigenvalue weighted by atomic mass is 9.71. The van der Waals surface area contributed by atoms with Crippen LogP contribution in [-0.4, -0.2) is 153 Å². The number of sulfonamides is 1. The summed E-state index contributed by atoms with van der Waals surface area (Å²) in [6, 6.07) is 26.0. The summed E-state index contributed by atoms with van der Waals surface area (Å²) in [5.41, 5.74) is -1.02. The van der Waals surface area contributed by atoms with Crippen molar-refractivity contribution < 1.29 is 39.5 Å². The molecule has 1 amide bonds. The van der Waals surface area contributed by atoms with Gasteiger partial charge in [0.1, 0.15) is 4.90 Å². The molecule has 13 nitrogen and oxygen atoms in total. The third kappa shape index (κ3) is 14.5. The molecule has 1 unspecified atom stereocenters. The minimum Gasteiger partial charge on any atom is -0.380 e. The second-order valence-corrected chi connectivity index (χ2v) is 24.3. The molecule has 8 rings (SSSR count). The Kier molecular flexibility index (Phi) is 19.1. The van der Waals surface area contributed by atoms with E-state index in [0.29, 0.717) is 51.1 Å². The Morgan fingerprint density at radius 1 is 0.847 bits per heavy atom. The number of thioether (sulfide) groups is 1. The highest BCUT2D eigenvalue weighted by molar-refractivity contribution is 7.99. The van der Waals surface area contributed by atoms with Gasteiger partial charge in [0.2, 0.25) is 0 Å². The first kappa shape index (κ1) is 55.9. The molecule has 0 spiro atoms. The lowest BCUT2D eigenvalue weighted by Crippen LogP contribution is -2.49. The molecule has 392 valence electrons. The molecular formula is C51H64Cl2F3N7O6S3. The van der Waals surface area contributed by atoms with Gasteiger partial charge in [-0.25, -0.2) is 21.6 Å². The standard InChI is InChI=1S/C51H63ClF3N7O6S3.ClH/c1-50(37-61-23-20-56-21-24-61)19-17-46(38-7-11-41(52)12-8-38)40(34-50)35-60-25-27-62(28-26-60)43-13-9-39(10-14-43)49(63)58-71(66,67)45-15-16-47(48(33-45)70(64,65)51(53,54)55)57-42(18-22-59-29-31-68-32-30-59)36-69-44-5-3-2-4-6-44;/h2-16,33,42,56-57H,17-32,34-37H2,1H3,(H,58,63);1H/t42-,50?;/m1./s1. The SMILES string of the molecule is CC1(CN2CCNCC2)CCC(c2ccc(Cl)cc2)=C(CN2CCN(c3ccc(C(=O)NS(=O)(=O)c4ccc(N[C@H](CCN5CCOCC5)CSc5ccccc5)c(S(=O)(=O)C(F)(F)F)c4)cc3)CC2)C1.Cl. The van der Waals surface area contributed by atoms with Gasteiger partial charge in [-0.1, -0.05) is 54.4 Å². The zero-order chi connectivity index (χ0) is 50.2. The number of rotatable bonds is 18. The first-order valence-electron chi connectivity index (χ1n) is 24.2. The minimum absolute atomic E-state index is 0. The van der Waals surface area contributed by atoms with Crippen LogP contribution in [0.25, 0.3) is 5.57 Å². The van der Waals surface area contributed by atoms with Crippen LogP contribution in [0.1, 0.15) is 48.5 Å². The van der Waals surface area contributed by atoms with Gasteiger partial charge in [-0.05, 0) is 109 Å². The van der Waals surface area contributed by atoms with Crippen LogP contribution in [0, 0.1) is 5.41 Å². The van der Waals surface area contributed by atoms with Gasteiger partial charge in [-0.3, -0.25) is 14.6 Å². The highest BCUT2D eigenvalue weighted by Gasteiger charge is 2.48. The quantitative estimate of drug-likeness (QED) is 0.0827. The van der Waals surface area contributed by atoms with Gasteiger partial charge in [0.05, 0.1) is 23.8 Å². The van der Waals surface area contributed by atoms with E-state index < -0.39 is 52.8 Å². The van der Waals surface area contributed by atoms with Crippen molar-refractivity contribution in [3.63, 3.8) is 0 Å². The number of nitrogens with one attached hydrogen (secondary N) is 3. The summed E-state index contributed by atoms with van der Waals surface area (Å²) in [4.78, 5) is 21.7. The fourth-order valence-electron chi connectivity index (χ4n) is 9.94. The largest absolute Gasteiger partial charge is 0.501 e. The molecule has 4 aromatic rings. The summed E-state index contributed by atoms with van der Waals surface area (Å²) in [6.07, 6.45) is 3.60. The number of allylic oxidation sites excluding steroid dienone is 1. The Bertz CT molecular complexity index is 2710. The Hall–Kier alpha value is -3.89. The molecule has 3 fully saturated rings. The first-order valence-corrected chi connectivity index (χ1v) is 28.5. The van der Waals surface area contributed by atoms with E-state index in [1.54, 1.807) is 12.1 Å². The fourth-order valence-corrected chi connectivity index (χ4v) is 13.1. The number of halogens is 5. The maximum atomic E-state index is 14.2. The predicted octanol–water partition coefficient (Wildman–Crippen LogP) is 8.14. The Balaban J connectivity index is 0.00000760. The Morgan fingerprint density at radius 2 is 1.53 bits per heavy atom. The molecule has 4 aromatic carbocycles. The maximum absolute atomic E-state index is 14.2. The third-order valence-electron chi connectivity index (χ3n) is 13.9. The number of carbonyl (C=O) groups is 1. The molecule has 0 saturated carbocycles. The highest BCUT2D eigenvalue weighted by atomic mass is 35.5. The van der Waals surface area contributed by atoms with Gasteiger partial charge in [0.15, 0.2) is 0 Å². The van der Waals surface area contributed by atoms with Crippen LogP contribution in [0.2, 0.25) is 5.02 Å². The van der Waals surface area contributed by atoms with Crippen molar-refractivity contribution in [1.82, 2.24) is 24.7 Å². The average molecular weight is 1100 g/mol. The monoisotopic (exact) mass is 1090 g/mol. The molecule has 21 heteroatoms. The van der Waals surface area contributed by atoms with Gasteiger partial charge in [-0.15, -0.1) is 24.2 Å². The number of piperazine rings is 2. The van der Waals surface area contributed by atoms with E-state index in [4.69, 9.17) is 16.3 Å².